The van der Waals surface area contributed by atoms with Gasteiger partial charge in [0, 0.05) is 29.1 Å². The Morgan fingerprint density at radius 2 is 2.33 bits per heavy atom. The average molecular weight is 334 g/mol. The normalized spacial score (nSPS) is 24.4. The van der Waals surface area contributed by atoms with Gasteiger partial charge in [-0.2, -0.15) is 0 Å². The molecule has 1 unspecified atom stereocenters. The minimum atomic E-state index is -1.11. The van der Waals surface area contributed by atoms with E-state index in [0.717, 1.165) is 10.0 Å². The number of hydrogen-bond donors (Lipinski definition) is 2. The van der Waals surface area contributed by atoms with Gasteiger partial charge in [-0.15, -0.1) is 0 Å². The van der Waals surface area contributed by atoms with E-state index in [1.54, 1.807) is 0 Å². The molecule has 4 nitrogen and oxygen atoms in total. The smallest absolute Gasteiger partial charge is 0.325 e. The Balaban J connectivity index is 2.06. The third-order valence-electron chi connectivity index (χ3n) is 3.21. The molecule has 1 atom stereocenters. The highest BCUT2D eigenvalue weighted by atomic mass is 79.9. The summed E-state index contributed by atoms with van der Waals surface area (Å²) in [5, 5.41) is 9.74. The second-order valence-corrected chi connectivity index (χ2v) is 5.95. The maximum Gasteiger partial charge on any atom is 0.325 e. The van der Waals surface area contributed by atoms with Crippen molar-refractivity contribution in [1.29, 1.82) is 0 Å². The fraction of sp³-hybridized carbons (Fsp3) is 0.417. The molecule has 2 rings (SSSR count). The molecule has 0 saturated carbocycles. The summed E-state index contributed by atoms with van der Waals surface area (Å²) in [6, 6.07) is 5.59. The molecule has 98 valence electrons. The van der Waals surface area contributed by atoms with Crippen LogP contribution in [-0.4, -0.2) is 34.6 Å². The molecule has 1 aliphatic rings. The SMILES string of the molecule is NC1(C(=O)O)CCN(Cc2ccc(Cl)cc2Br)C1. The zero-order valence-electron chi connectivity index (χ0n) is 9.70. The Morgan fingerprint density at radius 1 is 1.61 bits per heavy atom. The maximum absolute atomic E-state index is 11.1. The molecule has 1 saturated heterocycles. The molecule has 0 bridgehead atoms. The fourth-order valence-electron chi connectivity index (χ4n) is 2.12. The molecule has 0 aromatic heterocycles. The third kappa shape index (κ3) is 2.85. The maximum atomic E-state index is 11.1. The molecule has 1 fully saturated rings. The van der Waals surface area contributed by atoms with E-state index < -0.39 is 11.5 Å². The van der Waals surface area contributed by atoms with Gasteiger partial charge >= 0.3 is 5.97 Å². The molecule has 6 heteroatoms. The minimum Gasteiger partial charge on any atom is -0.480 e. The van der Waals surface area contributed by atoms with Crippen LogP contribution in [0.3, 0.4) is 0 Å². The van der Waals surface area contributed by atoms with Crippen molar-refractivity contribution in [2.75, 3.05) is 13.1 Å². The van der Waals surface area contributed by atoms with E-state index in [4.69, 9.17) is 22.4 Å². The number of aliphatic carboxylic acids is 1. The first-order valence-electron chi connectivity index (χ1n) is 5.59. The summed E-state index contributed by atoms with van der Waals surface area (Å²) >= 11 is 9.33. The predicted octanol–water partition coefficient (Wildman–Crippen LogP) is 2.09. The van der Waals surface area contributed by atoms with Crippen LogP contribution in [0.4, 0.5) is 0 Å². The van der Waals surface area contributed by atoms with Crippen molar-refractivity contribution in [2.24, 2.45) is 5.73 Å². The van der Waals surface area contributed by atoms with Gasteiger partial charge in [0.2, 0.25) is 0 Å². The monoisotopic (exact) mass is 332 g/mol. The molecule has 18 heavy (non-hydrogen) atoms. The first-order valence-corrected chi connectivity index (χ1v) is 6.76. The van der Waals surface area contributed by atoms with Crippen LogP contribution in [0.5, 0.6) is 0 Å². The van der Waals surface area contributed by atoms with E-state index in [9.17, 15) is 4.79 Å². The summed E-state index contributed by atoms with van der Waals surface area (Å²) < 4.78 is 0.930. The van der Waals surface area contributed by atoms with Gasteiger partial charge in [0.15, 0.2) is 0 Å². The topological polar surface area (TPSA) is 66.6 Å². The quantitative estimate of drug-likeness (QED) is 0.889. The Morgan fingerprint density at radius 3 is 2.89 bits per heavy atom. The van der Waals surface area contributed by atoms with E-state index in [0.29, 0.717) is 31.1 Å². The molecule has 1 aromatic rings. The summed E-state index contributed by atoms with van der Waals surface area (Å²) in [6.45, 7) is 1.74. The number of carboxylic acid groups (broad SMARTS) is 1. The number of carboxylic acids is 1. The molecule has 0 radical (unpaired) electrons. The van der Waals surface area contributed by atoms with Crippen LogP contribution in [0.2, 0.25) is 5.02 Å². The minimum absolute atomic E-state index is 0.372. The standard InChI is InChI=1S/C12H14BrClN2O2/c13-10-5-9(14)2-1-8(10)6-16-4-3-12(15,7-16)11(17)18/h1-2,5H,3-4,6-7,15H2,(H,17,18). The van der Waals surface area contributed by atoms with Crippen LogP contribution in [0.1, 0.15) is 12.0 Å². The number of hydrogen-bond acceptors (Lipinski definition) is 3. The number of likely N-dealkylation sites (tertiary alicyclic amines) is 1. The molecule has 1 aliphatic heterocycles. The highest BCUT2D eigenvalue weighted by molar-refractivity contribution is 9.10. The number of carbonyl (C=O) groups is 1. The molecular formula is C12H14BrClN2O2. The second-order valence-electron chi connectivity index (χ2n) is 4.66. The van der Waals surface area contributed by atoms with Gasteiger partial charge in [-0.25, -0.2) is 0 Å². The molecule has 0 spiro atoms. The summed E-state index contributed by atoms with van der Waals surface area (Å²) in [4.78, 5) is 13.1. The van der Waals surface area contributed by atoms with Crippen LogP contribution in [0.25, 0.3) is 0 Å². The predicted molar refractivity (Wildman–Crippen MR) is 73.6 cm³/mol. The van der Waals surface area contributed by atoms with Crippen LogP contribution in [0.15, 0.2) is 22.7 Å². The lowest BCUT2D eigenvalue weighted by molar-refractivity contribution is -0.142. The first kappa shape index (κ1) is 13.8. The van der Waals surface area contributed by atoms with E-state index in [1.165, 1.54) is 0 Å². The van der Waals surface area contributed by atoms with E-state index >= 15 is 0 Å². The highest BCUT2D eigenvalue weighted by Gasteiger charge is 2.41. The molecule has 1 heterocycles. The first-order chi connectivity index (χ1) is 8.40. The molecule has 1 aromatic carbocycles. The Labute approximate surface area is 119 Å². The van der Waals surface area contributed by atoms with Crippen molar-refractivity contribution in [3.05, 3.63) is 33.3 Å². The summed E-state index contributed by atoms with van der Waals surface area (Å²) in [7, 11) is 0. The Kier molecular flexibility index (Phi) is 3.96. The lowest BCUT2D eigenvalue weighted by Crippen LogP contribution is -2.50. The van der Waals surface area contributed by atoms with Crippen LogP contribution < -0.4 is 5.73 Å². The van der Waals surface area contributed by atoms with Gasteiger partial charge in [0.25, 0.3) is 0 Å². The third-order valence-corrected chi connectivity index (χ3v) is 4.19. The second kappa shape index (κ2) is 5.17. The zero-order valence-corrected chi connectivity index (χ0v) is 12.0. The van der Waals surface area contributed by atoms with Crippen molar-refractivity contribution in [2.45, 2.75) is 18.5 Å². The fourth-order valence-corrected chi connectivity index (χ4v) is 2.92. The number of nitrogens with two attached hydrogens (primary N) is 1. The van der Waals surface area contributed by atoms with E-state index in [2.05, 4.69) is 15.9 Å². The van der Waals surface area contributed by atoms with Crippen LogP contribution >= 0.6 is 27.5 Å². The summed E-state index contributed by atoms with van der Waals surface area (Å²) in [5.41, 5.74) is 5.80. The lowest BCUT2D eigenvalue weighted by atomic mass is 10.0. The van der Waals surface area contributed by atoms with Crippen molar-refractivity contribution in [3.63, 3.8) is 0 Å². The van der Waals surface area contributed by atoms with Crippen LogP contribution in [0, 0.1) is 0 Å². The number of benzene rings is 1. The number of nitrogens with zero attached hydrogens (tertiary/aromatic N) is 1. The van der Waals surface area contributed by atoms with Gasteiger partial charge in [-0.05, 0) is 24.1 Å². The van der Waals surface area contributed by atoms with Gasteiger partial charge in [0.05, 0.1) is 0 Å². The van der Waals surface area contributed by atoms with Crippen molar-refractivity contribution < 1.29 is 9.90 Å². The molecule has 0 aliphatic carbocycles. The average Bonchev–Trinajstić information content (AvgIpc) is 2.66. The van der Waals surface area contributed by atoms with Gasteiger partial charge in [0.1, 0.15) is 5.54 Å². The van der Waals surface area contributed by atoms with E-state index in [1.807, 2.05) is 23.1 Å². The Hall–Kier alpha value is -0.620. The highest BCUT2D eigenvalue weighted by Crippen LogP contribution is 2.26. The number of halogens is 2. The van der Waals surface area contributed by atoms with Crippen LogP contribution in [-0.2, 0) is 11.3 Å². The van der Waals surface area contributed by atoms with E-state index in [-0.39, 0.29) is 0 Å². The van der Waals surface area contributed by atoms with Crippen molar-refractivity contribution in [3.8, 4) is 0 Å². The van der Waals surface area contributed by atoms with Gasteiger partial charge in [-0.3, -0.25) is 9.69 Å². The molecule has 3 N–H and O–H groups in total. The van der Waals surface area contributed by atoms with Gasteiger partial charge in [-0.1, -0.05) is 33.6 Å². The summed E-state index contributed by atoms with van der Waals surface area (Å²) in [6.07, 6.45) is 0.480. The van der Waals surface area contributed by atoms with Crippen molar-refractivity contribution >= 4 is 33.5 Å². The Bertz CT molecular complexity index is 483. The van der Waals surface area contributed by atoms with Crippen molar-refractivity contribution in [1.82, 2.24) is 4.90 Å². The lowest BCUT2D eigenvalue weighted by Gasteiger charge is -2.20. The zero-order chi connectivity index (χ0) is 13.3. The number of rotatable bonds is 3. The molecular weight excluding hydrogens is 320 g/mol. The largest absolute Gasteiger partial charge is 0.480 e. The molecule has 0 amide bonds. The van der Waals surface area contributed by atoms with Gasteiger partial charge < -0.3 is 10.8 Å². The summed E-state index contributed by atoms with van der Waals surface area (Å²) in [5.74, 6) is -0.930.